The van der Waals surface area contributed by atoms with Gasteiger partial charge in [0.2, 0.25) is 5.91 Å². The Morgan fingerprint density at radius 1 is 1.33 bits per heavy atom. The number of anilines is 1. The molecular weight excluding hydrogens is 400 g/mol. The maximum absolute atomic E-state index is 12.7. The third-order valence-corrected chi connectivity index (χ3v) is 5.59. The number of hydrogen-bond acceptors (Lipinski definition) is 5. The highest BCUT2D eigenvalue weighted by Crippen LogP contribution is 2.39. The average Bonchev–Trinajstić information content (AvgIpc) is 3.23. The van der Waals surface area contributed by atoms with Crippen LogP contribution in [0, 0.1) is 16.7 Å². The average molecular weight is 421 g/mol. The van der Waals surface area contributed by atoms with Crippen LogP contribution in [0.5, 0.6) is 0 Å². The van der Waals surface area contributed by atoms with Crippen molar-refractivity contribution >= 4 is 23.3 Å². The number of nitriles is 1. The third kappa shape index (κ3) is 3.79. The highest BCUT2D eigenvalue weighted by molar-refractivity contribution is 6.33. The van der Waals surface area contributed by atoms with E-state index in [1.54, 1.807) is 31.2 Å². The van der Waals surface area contributed by atoms with E-state index < -0.39 is 5.92 Å². The number of hydrogen-bond donors (Lipinski definition) is 1. The topological polar surface area (TPSA) is 96.5 Å². The van der Waals surface area contributed by atoms with Gasteiger partial charge in [-0.15, -0.1) is 0 Å². The predicted octanol–water partition coefficient (Wildman–Crippen LogP) is 4.19. The Kier molecular flexibility index (Phi) is 5.04. The molecule has 1 unspecified atom stereocenters. The maximum atomic E-state index is 12.7. The number of carbonyl (C=O) groups excluding carboxylic acids is 1. The van der Waals surface area contributed by atoms with E-state index in [1.807, 2.05) is 16.9 Å². The fourth-order valence-electron chi connectivity index (χ4n) is 3.71. The number of carbonyl (C=O) groups is 1. The number of aromatic nitrogens is 4. The SMILES string of the molecule is CC(C(=O)Nc1cc(-c2cnn3c2CC(C)(C)C3)c(Cl)cn1)c1cccc(C#N)n1. The van der Waals surface area contributed by atoms with Crippen LogP contribution in [0.15, 0.2) is 36.7 Å². The van der Waals surface area contributed by atoms with E-state index in [0.717, 1.165) is 29.8 Å². The summed E-state index contributed by atoms with van der Waals surface area (Å²) in [6.45, 7) is 7.02. The molecule has 0 aromatic carbocycles. The minimum Gasteiger partial charge on any atom is -0.310 e. The zero-order valence-corrected chi connectivity index (χ0v) is 17.7. The Labute approximate surface area is 179 Å². The number of pyridine rings is 2. The van der Waals surface area contributed by atoms with Crippen LogP contribution >= 0.6 is 11.6 Å². The molecule has 3 aromatic rings. The van der Waals surface area contributed by atoms with E-state index in [0.29, 0.717) is 16.5 Å². The van der Waals surface area contributed by atoms with E-state index in [1.165, 1.54) is 6.20 Å². The lowest BCUT2D eigenvalue weighted by atomic mass is 9.89. The molecule has 0 saturated heterocycles. The molecule has 152 valence electrons. The van der Waals surface area contributed by atoms with E-state index in [9.17, 15) is 4.79 Å². The van der Waals surface area contributed by atoms with Crippen molar-refractivity contribution in [2.24, 2.45) is 5.41 Å². The molecule has 1 atom stereocenters. The Morgan fingerprint density at radius 3 is 2.90 bits per heavy atom. The molecule has 0 spiro atoms. The van der Waals surface area contributed by atoms with Crippen molar-refractivity contribution in [3.63, 3.8) is 0 Å². The molecule has 30 heavy (non-hydrogen) atoms. The lowest BCUT2D eigenvalue weighted by Gasteiger charge is -2.15. The summed E-state index contributed by atoms with van der Waals surface area (Å²) in [5, 5.41) is 16.9. The minimum absolute atomic E-state index is 0.148. The molecule has 4 rings (SSSR count). The summed E-state index contributed by atoms with van der Waals surface area (Å²) in [5.74, 6) is -0.403. The van der Waals surface area contributed by atoms with Gasteiger partial charge in [0.1, 0.15) is 17.6 Å². The predicted molar refractivity (Wildman–Crippen MR) is 114 cm³/mol. The first-order valence-electron chi connectivity index (χ1n) is 9.66. The van der Waals surface area contributed by atoms with Gasteiger partial charge >= 0.3 is 0 Å². The van der Waals surface area contributed by atoms with Crippen molar-refractivity contribution in [1.29, 1.82) is 5.26 Å². The number of amides is 1. The van der Waals surface area contributed by atoms with Crippen LogP contribution in [0.2, 0.25) is 5.02 Å². The highest BCUT2D eigenvalue weighted by atomic mass is 35.5. The largest absolute Gasteiger partial charge is 0.310 e. The fourth-order valence-corrected chi connectivity index (χ4v) is 3.92. The lowest BCUT2D eigenvalue weighted by molar-refractivity contribution is -0.117. The molecule has 1 N–H and O–H groups in total. The Morgan fingerprint density at radius 2 is 2.13 bits per heavy atom. The summed E-state index contributed by atoms with van der Waals surface area (Å²) >= 11 is 6.44. The van der Waals surface area contributed by atoms with E-state index in [4.69, 9.17) is 16.9 Å². The number of fused-ring (bicyclic) bond motifs is 1. The van der Waals surface area contributed by atoms with Crippen LogP contribution in [0.1, 0.15) is 43.8 Å². The standard InChI is InChI=1S/C22H21ClN6O/c1-13(18-6-4-5-14(9-24)27-18)21(30)28-20-7-15(17(23)11-25-20)16-10-26-29-12-22(2,3)8-19(16)29/h4-7,10-11,13H,8,12H2,1-3H3,(H,25,28,30). The van der Waals surface area contributed by atoms with Crippen LogP contribution in [0.25, 0.3) is 11.1 Å². The maximum Gasteiger partial charge on any atom is 0.234 e. The van der Waals surface area contributed by atoms with Crippen LogP contribution in [0.3, 0.4) is 0 Å². The Hall–Kier alpha value is -3.24. The zero-order valence-electron chi connectivity index (χ0n) is 17.0. The summed E-state index contributed by atoms with van der Waals surface area (Å²) in [7, 11) is 0. The first kappa shape index (κ1) is 20.0. The van der Waals surface area contributed by atoms with Crippen molar-refractivity contribution in [3.05, 3.63) is 58.8 Å². The van der Waals surface area contributed by atoms with Crippen molar-refractivity contribution in [2.75, 3.05) is 5.32 Å². The van der Waals surface area contributed by atoms with Gasteiger partial charge in [0, 0.05) is 29.6 Å². The van der Waals surface area contributed by atoms with Crippen molar-refractivity contribution in [2.45, 2.75) is 39.7 Å². The lowest BCUT2D eigenvalue weighted by Crippen LogP contribution is -2.20. The summed E-state index contributed by atoms with van der Waals surface area (Å²) in [5.41, 5.74) is 3.83. The molecule has 1 aliphatic heterocycles. The molecule has 8 heteroatoms. The summed E-state index contributed by atoms with van der Waals surface area (Å²) in [6, 6.07) is 8.81. The first-order chi connectivity index (χ1) is 14.3. The third-order valence-electron chi connectivity index (χ3n) is 5.29. The first-order valence-corrected chi connectivity index (χ1v) is 10.0. The van der Waals surface area contributed by atoms with Crippen LogP contribution in [0.4, 0.5) is 5.82 Å². The molecule has 1 aliphatic rings. The van der Waals surface area contributed by atoms with Crippen LogP contribution in [-0.2, 0) is 17.8 Å². The molecule has 3 aromatic heterocycles. The molecule has 4 heterocycles. The quantitative estimate of drug-likeness (QED) is 0.682. The fraction of sp³-hybridized carbons (Fsp3) is 0.318. The molecule has 7 nitrogen and oxygen atoms in total. The second kappa shape index (κ2) is 7.54. The van der Waals surface area contributed by atoms with Gasteiger partial charge in [-0.2, -0.15) is 10.4 Å². The second-order valence-electron chi connectivity index (χ2n) is 8.32. The van der Waals surface area contributed by atoms with Gasteiger partial charge in [-0.05, 0) is 37.0 Å². The van der Waals surface area contributed by atoms with Crippen molar-refractivity contribution in [1.82, 2.24) is 19.7 Å². The van der Waals surface area contributed by atoms with Gasteiger partial charge in [0.05, 0.1) is 22.8 Å². The van der Waals surface area contributed by atoms with Crippen LogP contribution in [-0.4, -0.2) is 25.7 Å². The minimum atomic E-state index is -0.541. The summed E-state index contributed by atoms with van der Waals surface area (Å²) < 4.78 is 2.01. The highest BCUT2D eigenvalue weighted by Gasteiger charge is 2.32. The van der Waals surface area contributed by atoms with E-state index in [2.05, 4.69) is 34.2 Å². The smallest absolute Gasteiger partial charge is 0.234 e. The van der Waals surface area contributed by atoms with Gasteiger partial charge in [-0.25, -0.2) is 9.97 Å². The summed E-state index contributed by atoms with van der Waals surface area (Å²) in [6.07, 6.45) is 4.26. The monoisotopic (exact) mass is 420 g/mol. The number of nitrogens with one attached hydrogen (secondary N) is 1. The van der Waals surface area contributed by atoms with Crippen LogP contribution < -0.4 is 5.32 Å². The second-order valence-corrected chi connectivity index (χ2v) is 8.73. The van der Waals surface area contributed by atoms with Gasteiger partial charge in [0.15, 0.2) is 0 Å². The molecular formula is C22H21ClN6O. The van der Waals surface area contributed by atoms with Gasteiger partial charge in [-0.1, -0.05) is 31.5 Å². The Balaban J connectivity index is 1.59. The number of nitrogens with zero attached hydrogens (tertiary/aromatic N) is 5. The van der Waals surface area contributed by atoms with E-state index in [-0.39, 0.29) is 17.0 Å². The van der Waals surface area contributed by atoms with Gasteiger partial charge < -0.3 is 5.32 Å². The van der Waals surface area contributed by atoms with Gasteiger partial charge in [-0.3, -0.25) is 9.48 Å². The molecule has 0 bridgehead atoms. The molecule has 0 radical (unpaired) electrons. The van der Waals surface area contributed by atoms with Crippen molar-refractivity contribution in [3.8, 4) is 17.2 Å². The van der Waals surface area contributed by atoms with E-state index >= 15 is 0 Å². The normalized spacial score (nSPS) is 15.3. The molecule has 0 aliphatic carbocycles. The number of halogens is 1. The molecule has 1 amide bonds. The molecule has 0 saturated carbocycles. The number of rotatable bonds is 4. The summed E-state index contributed by atoms with van der Waals surface area (Å²) in [4.78, 5) is 21.2. The Bertz CT molecular complexity index is 1180. The van der Waals surface area contributed by atoms with Gasteiger partial charge in [0.25, 0.3) is 0 Å². The van der Waals surface area contributed by atoms with Crippen molar-refractivity contribution < 1.29 is 4.79 Å². The zero-order chi connectivity index (χ0) is 21.5. The molecule has 0 fully saturated rings.